The molecule has 1 heterocycles. The van der Waals surface area contributed by atoms with Gasteiger partial charge in [0.15, 0.2) is 5.82 Å². The van der Waals surface area contributed by atoms with Crippen LogP contribution in [0.1, 0.15) is 12.5 Å². The molecule has 0 bridgehead atoms. The highest BCUT2D eigenvalue weighted by Gasteiger charge is 2.30. The first-order chi connectivity index (χ1) is 9.40. The molecule has 0 atom stereocenters. The molecule has 106 valence electrons. The Kier molecular flexibility index (Phi) is 3.73. The maximum atomic E-state index is 12.7. The van der Waals surface area contributed by atoms with Gasteiger partial charge < -0.3 is 10.5 Å². The van der Waals surface area contributed by atoms with Gasteiger partial charge in [-0.15, -0.1) is 0 Å². The Morgan fingerprint density at radius 2 is 1.95 bits per heavy atom. The highest BCUT2D eigenvalue weighted by molar-refractivity contribution is 5.57. The predicted molar refractivity (Wildman–Crippen MR) is 65.8 cm³/mol. The summed E-state index contributed by atoms with van der Waals surface area (Å²) in [6, 6.07) is 4.63. The summed E-state index contributed by atoms with van der Waals surface area (Å²) in [5.41, 5.74) is 4.89. The molecule has 0 radical (unpaired) electrons. The van der Waals surface area contributed by atoms with Crippen LogP contribution in [0.3, 0.4) is 0 Å². The van der Waals surface area contributed by atoms with Crippen molar-refractivity contribution in [2.24, 2.45) is 0 Å². The summed E-state index contributed by atoms with van der Waals surface area (Å²) in [6.45, 7) is 2.04. The molecule has 8 heteroatoms. The van der Waals surface area contributed by atoms with Crippen molar-refractivity contribution in [1.29, 1.82) is 0 Å². The van der Waals surface area contributed by atoms with Crippen molar-refractivity contribution >= 4 is 5.95 Å². The van der Waals surface area contributed by atoms with Crippen LogP contribution in [0.15, 0.2) is 24.3 Å². The van der Waals surface area contributed by atoms with Gasteiger partial charge in [0.25, 0.3) is 0 Å². The summed E-state index contributed by atoms with van der Waals surface area (Å²) in [6.07, 6.45) is -4.43. The number of halogens is 3. The Labute approximate surface area is 112 Å². The molecule has 2 rings (SSSR count). The number of hydrogen-bond acceptors (Lipinski definition) is 5. The molecule has 0 fully saturated rings. The van der Waals surface area contributed by atoms with Crippen molar-refractivity contribution in [3.63, 3.8) is 0 Å². The van der Waals surface area contributed by atoms with Crippen molar-refractivity contribution in [3.05, 3.63) is 29.8 Å². The zero-order chi connectivity index (χ0) is 14.8. The SMILES string of the molecule is CCOc1nc(N)nc(-c2cccc(C(F)(F)F)c2)n1. The molecule has 0 saturated heterocycles. The molecule has 0 spiro atoms. The van der Waals surface area contributed by atoms with Crippen molar-refractivity contribution in [1.82, 2.24) is 15.0 Å². The number of nitrogen functional groups attached to an aromatic ring is 1. The maximum absolute atomic E-state index is 12.7. The second-order valence-electron chi connectivity index (χ2n) is 3.81. The number of aromatic nitrogens is 3. The molecular formula is C12H11F3N4O. The van der Waals surface area contributed by atoms with E-state index in [1.807, 2.05) is 0 Å². The largest absolute Gasteiger partial charge is 0.464 e. The normalized spacial score (nSPS) is 11.4. The van der Waals surface area contributed by atoms with Gasteiger partial charge in [0.1, 0.15) is 0 Å². The van der Waals surface area contributed by atoms with Crippen LogP contribution in [0, 0.1) is 0 Å². The fourth-order valence-corrected chi connectivity index (χ4v) is 1.53. The summed E-state index contributed by atoms with van der Waals surface area (Å²) < 4.78 is 43.1. The van der Waals surface area contributed by atoms with E-state index >= 15 is 0 Å². The Morgan fingerprint density at radius 3 is 2.60 bits per heavy atom. The second kappa shape index (κ2) is 5.32. The fraction of sp³-hybridized carbons (Fsp3) is 0.250. The summed E-state index contributed by atoms with van der Waals surface area (Å²) in [4.78, 5) is 11.5. The standard InChI is InChI=1S/C12H11F3N4O/c1-2-20-11-18-9(17-10(16)19-11)7-4-3-5-8(6-7)12(13,14)15/h3-6H,2H2,1H3,(H2,16,17,18,19). The first-order valence-corrected chi connectivity index (χ1v) is 5.72. The lowest BCUT2D eigenvalue weighted by Gasteiger charge is -2.09. The van der Waals surface area contributed by atoms with Crippen LogP contribution >= 0.6 is 0 Å². The van der Waals surface area contributed by atoms with Crippen LogP contribution in [0.4, 0.5) is 19.1 Å². The monoisotopic (exact) mass is 284 g/mol. The molecular weight excluding hydrogens is 273 g/mol. The summed E-state index contributed by atoms with van der Waals surface area (Å²) in [5.74, 6) is -0.0806. The van der Waals surface area contributed by atoms with E-state index in [0.717, 1.165) is 12.1 Å². The van der Waals surface area contributed by atoms with E-state index in [1.165, 1.54) is 12.1 Å². The van der Waals surface area contributed by atoms with E-state index in [2.05, 4.69) is 15.0 Å². The predicted octanol–water partition coefficient (Wildman–Crippen LogP) is 2.54. The van der Waals surface area contributed by atoms with Crippen LogP contribution < -0.4 is 10.5 Å². The van der Waals surface area contributed by atoms with E-state index in [1.54, 1.807) is 6.92 Å². The molecule has 1 aromatic carbocycles. The molecule has 0 saturated carbocycles. The molecule has 5 nitrogen and oxygen atoms in total. The van der Waals surface area contributed by atoms with Crippen LogP contribution in [0.5, 0.6) is 6.01 Å². The number of anilines is 1. The molecule has 0 aliphatic heterocycles. The Hall–Kier alpha value is -2.38. The van der Waals surface area contributed by atoms with E-state index < -0.39 is 11.7 Å². The second-order valence-corrected chi connectivity index (χ2v) is 3.81. The van der Waals surface area contributed by atoms with Gasteiger partial charge in [-0.2, -0.15) is 28.1 Å². The summed E-state index contributed by atoms with van der Waals surface area (Å²) in [5, 5.41) is 0. The van der Waals surface area contributed by atoms with Gasteiger partial charge in [-0.1, -0.05) is 12.1 Å². The first-order valence-electron chi connectivity index (χ1n) is 5.72. The van der Waals surface area contributed by atoms with Crippen molar-refractivity contribution < 1.29 is 17.9 Å². The number of hydrogen-bond donors (Lipinski definition) is 1. The van der Waals surface area contributed by atoms with E-state index in [-0.39, 0.29) is 23.3 Å². The molecule has 20 heavy (non-hydrogen) atoms. The number of nitrogens with two attached hydrogens (primary N) is 1. The molecule has 0 unspecified atom stereocenters. The van der Waals surface area contributed by atoms with Crippen molar-refractivity contribution in [3.8, 4) is 17.4 Å². The van der Waals surface area contributed by atoms with Gasteiger partial charge in [-0.05, 0) is 19.1 Å². The maximum Gasteiger partial charge on any atom is 0.416 e. The van der Waals surface area contributed by atoms with Gasteiger partial charge in [-0.25, -0.2) is 0 Å². The molecule has 0 amide bonds. The molecule has 0 aliphatic carbocycles. The minimum atomic E-state index is -4.43. The molecule has 2 N–H and O–H groups in total. The van der Waals surface area contributed by atoms with E-state index in [0.29, 0.717) is 6.61 Å². The number of rotatable bonds is 3. The third-order valence-electron chi connectivity index (χ3n) is 2.35. The number of benzene rings is 1. The van der Waals surface area contributed by atoms with Gasteiger partial charge in [0.2, 0.25) is 5.95 Å². The summed E-state index contributed by atoms with van der Waals surface area (Å²) >= 11 is 0. The number of alkyl halides is 3. The molecule has 1 aromatic heterocycles. The van der Waals surface area contributed by atoms with E-state index in [9.17, 15) is 13.2 Å². The van der Waals surface area contributed by atoms with E-state index in [4.69, 9.17) is 10.5 Å². The highest BCUT2D eigenvalue weighted by atomic mass is 19.4. The fourth-order valence-electron chi connectivity index (χ4n) is 1.53. The van der Waals surface area contributed by atoms with Crippen LogP contribution in [0.2, 0.25) is 0 Å². The Bertz CT molecular complexity index is 616. The zero-order valence-electron chi connectivity index (χ0n) is 10.5. The van der Waals surface area contributed by atoms with Crippen molar-refractivity contribution in [2.45, 2.75) is 13.1 Å². The average Bonchev–Trinajstić information content (AvgIpc) is 2.37. The minimum absolute atomic E-state index is 0.0209. The third-order valence-corrected chi connectivity index (χ3v) is 2.35. The average molecular weight is 284 g/mol. The topological polar surface area (TPSA) is 73.9 Å². The smallest absolute Gasteiger partial charge is 0.416 e. The molecule has 0 aliphatic rings. The Morgan fingerprint density at radius 1 is 1.20 bits per heavy atom. The van der Waals surface area contributed by atoms with Gasteiger partial charge in [-0.3, -0.25) is 0 Å². The minimum Gasteiger partial charge on any atom is -0.464 e. The lowest BCUT2D eigenvalue weighted by molar-refractivity contribution is -0.137. The lowest BCUT2D eigenvalue weighted by atomic mass is 10.1. The molecule has 2 aromatic rings. The van der Waals surface area contributed by atoms with Crippen LogP contribution in [0.25, 0.3) is 11.4 Å². The number of ether oxygens (including phenoxy) is 1. The van der Waals surface area contributed by atoms with Gasteiger partial charge in [0, 0.05) is 5.56 Å². The zero-order valence-corrected chi connectivity index (χ0v) is 10.5. The van der Waals surface area contributed by atoms with Gasteiger partial charge >= 0.3 is 12.2 Å². The van der Waals surface area contributed by atoms with Gasteiger partial charge in [0.05, 0.1) is 12.2 Å². The van der Waals surface area contributed by atoms with Crippen LogP contribution in [-0.4, -0.2) is 21.6 Å². The first kappa shape index (κ1) is 14.0. The lowest BCUT2D eigenvalue weighted by Crippen LogP contribution is -2.07. The van der Waals surface area contributed by atoms with Crippen LogP contribution in [-0.2, 0) is 6.18 Å². The summed E-state index contributed by atoms with van der Waals surface area (Å²) in [7, 11) is 0. The quantitative estimate of drug-likeness (QED) is 0.937. The highest BCUT2D eigenvalue weighted by Crippen LogP contribution is 2.31. The Balaban J connectivity index is 2.46. The number of nitrogens with zero attached hydrogens (tertiary/aromatic N) is 3. The van der Waals surface area contributed by atoms with Crippen molar-refractivity contribution in [2.75, 3.05) is 12.3 Å². The third kappa shape index (κ3) is 3.14.